The fourth-order valence-corrected chi connectivity index (χ4v) is 2.66. The molecule has 0 bridgehead atoms. The second kappa shape index (κ2) is 8.62. The van der Waals surface area contributed by atoms with Gasteiger partial charge in [-0.05, 0) is 49.4 Å². The van der Waals surface area contributed by atoms with E-state index in [1.54, 1.807) is 12.1 Å². The number of hydrogen-bond donors (Lipinski definition) is 2. The average molecular weight is 331 g/mol. The maximum atomic E-state index is 12.1. The minimum atomic E-state index is -0.107. The zero-order chi connectivity index (χ0) is 16.0. The summed E-state index contributed by atoms with van der Waals surface area (Å²) in [6.07, 6.45) is 1.42. The molecule has 2 atom stereocenters. The molecule has 118 valence electrons. The molecule has 0 spiro atoms. The van der Waals surface area contributed by atoms with Crippen LogP contribution in [-0.4, -0.2) is 12.5 Å². The van der Waals surface area contributed by atoms with Gasteiger partial charge in [0.15, 0.2) is 0 Å². The highest BCUT2D eigenvalue weighted by molar-refractivity contribution is 6.42. The van der Waals surface area contributed by atoms with Crippen LogP contribution in [0.25, 0.3) is 0 Å². The van der Waals surface area contributed by atoms with Crippen molar-refractivity contribution in [3.63, 3.8) is 0 Å². The first-order chi connectivity index (χ1) is 9.83. The van der Waals surface area contributed by atoms with E-state index in [0.29, 0.717) is 28.9 Å². The van der Waals surface area contributed by atoms with E-state index in [9.17, 15) is 4.79 Å². The zero-order valence-corrected chi connectivity index (χ0v) is 14.3. The van der Waals surface area contributed by atoms with Gasteiger partial charge >= 0.3 is 0 Å². The van der Waals surface area contributed by atoms with Crippen LogP contribution in [0.3, 0.4) is 0 Å². The highest BCUT2D eigenvalue weighted by Crippen LogP contribution is 2.25. The number of nitrogens with one attached hydrogen (secondary N) is 1. The third-order valence-electron chi connectivity index (χ3n) is 3.43. The molecule has 0 aromatic heterocycles. The molecule has 0 saturated heterocycles. The molecular formula is C16H24Cl2N2O. The number of nitrogens with two attached hydrogens (primary N) is 1. The zero-order valence-electron chi connectivity index (χ0n) is 12.8. The molecule has 3 N–H and O–H groups in total. The average Bonchev–Trinajstić information content (AvgIpc) is 2.40. The van der Waals surface area contributed by atoms with Crippen molar-refractivity contribution in [3.8, 4) is 0 Å². The molecule has 1 rings (SSSR count). The topological polar surface area (TPSA) is 55.1 Å². The van der Waals surface area contributed by atoms with E-state index in [1.807, 2.05) is 13.0 Å². The Morgan fingerprint density at radius 1 is 1.24 bits per heavy atom. The van der Waals surface area contributed by atoms with Gasteiger partial charge in [-0.2, -0.15) is 0 Å². The number of rotatable bonds is 7. The lowest BCUT2D eigenvalue weighted by Crippen LogP contribution is -2.30. The molecule has 1 aromatic rings. The van der Waals surface area contributed by atoms with Crippen LogP contribution in [0.1, 0.15) is 45.2 Å². The van der Waals surface area contributed by atoms with E-state index in [2.05, 4.69) is 19.2 Å². The number of benzene rings is 1. The standard InChI is InChI=1S/C16H24Cl2N2O/c1-10(2)6-12(9-19)7-16(21)20-11(3)13-4-5-14(17)15(18)8-13/h4-5,8,10-12H,6-7,9,19H2,1-3H3,(H,20,21). The predicted molar refractivity (Wildman–Crippen MR) is 89.6 cm³/mol. The molecule has 2 unspecified atom stereocenters. The lowest BCUT2D eigenvalue weighted by Gasteiger charge is -2.19. The lowest BCUT2D eigenvalue weighted by molar-refractivity contribution is -0.122. The lowest BCUT2D eigenvalue weighted by atomic mass is 9.94. The second-order valence-corrected chi connectivity index (χ2v) is 6.71. The number of hydrogen-bond acceptors (Lipinski definition) is 2. The summed E-state index contributed by atoms with van der Waals surface area (Å²) in [7, 11) is 0. The Labute approximate surface area is 137 Å². The van der Waals surface area contributed by atoms with Crippen LogP contribution < -0.4 is 11.1 Å². The summed E-state index contributed by atoms with van der Waals surface area (Å²) >= 11 is 11.9. The number of carbonyl (C=O) groups is 1. The van der Waals surface area contributed by atoms with Gasteiger partial charge in [-0.3, -0.25) is 4.79 Å². The first-order valence-electron chi connectivity index (χ1n) is 7.27. The van der Waals surface area contributed by atoms with E-state index in [0.717, 1.165) is 12.0 Å². The Hall–Kier alpha value is -0.770. The van der Waals surface area contributed by atoms with Crippen LogP contribution in [0.15, 0.2) is 18.2 Å². The molecule has 0 fully saturated rings. The SMILES string of the molecule is CC(C)CC(CN)CC(=O)NC(C)c1ccc(Cl)c(Cl)c1. The van der Waals surface area contributed by atoms with E-state index in [4.69, 9.17) is 28.9 Å². The molecule has 1 amide bonds. The van der Waals surface area contributed by atoms with Crippen LogP contribution >= 0.6 is 23.2 Å². The van der Waals surface area contributed by atoms with Crippen molar-refractivity contribution >= 4 is 29.1 Å². The van der Waals surface area contributed by atoms with Gasteiger partial charge in [0.2, 0.25) is 5.91 Å². The maximum absolute atomic E-state index is 12.1. The summed E-state index contributed by atoms with van der Waals surface area (Å²) in [6.45, 7) is 6.74. The monoisotopic (exact) mass is 330 g/mol. The summed E-state index contributed by atoms with van der Waals surface area (Å²) in [5.74, 6) is 0.787. The maximum Gasteiger partial charge on any atom is 0.220 e. The Morgan fingerprint density at radius 3 is 2.43 bits per heavy atom. The fourth-order valence-electron chi connectivity index (χ4n) is 2.36. The Balaban J connectivity index is 2.58. The van der Waals surface area contributed by atoms with Gasteiger partial charge in [-0.15, -0.1) is 0 Å². The van der Waals surface area contributed by atoms with Crippen molar-refractivity contribution in [3.05, 3.63) is 33.8 Å². The highest BCUT2D eigenvalue weighted by atomic mass is 35.5. The predicted octanol–water partition coefficient (Wildman–Crippen LogP) is 4.18. The van der Waals surface area contributed by atoms with Crippen LogP contribution in [0.4, 0.5) is 0 Å². The number of halogens is 2. The molecule has 0 radical (unpaired) electrons. The smallest absolute Gasteiger partial charge is 0.220 e. The van der Waals surface area contributed by atoms with Crippen molar-refractivity contribution in [1.82, 2.24) is 5.32 Å². The van der Waals surface area contributed by atoms with Crippen molar-refractivity contribution in [1.29, 1.82) is 0 Å². The van der Waals surface area contributed by atoms with Crippen molar-refractivity contribution in [2.45, 2.75) is 39.7 Å². The van der Waals surface area contributed by atoms with Gasteiger partial charge in [0.25, 0.3) is 0 Å². The van der Waals surface area contributed by atoms with Crippen LogP contribution in [0, 0.1) is 11.8 Å². The van der Waals surface area contributed by atoms with Gasteiger partial charge in [0.05, 0.1) is 16.1 Å². The van der Waals surface area contributed by atoms with Crippen molar-refractivity contribution in [2.75, 3.05) is 6.54 Å². The van der Waals surface area contributed by atoms with Gasteiger partial charge in [-0.25, -0.2) is 0 Å². The first-order valence-corrected chi connectivity index (χ1v) is 8.03. The molecule has 0 aliphatic carbocycles. The van der Waals surface area contributed by atoms with E-state index in [1.165, 1.54) is 0 Å². The summed E-state index contributed by atoms with van der Waals surface area (Å²) in [5, 5.41) is 3.99. The summed E-state index contributed by atoms with van der Waals surface area (Å²) in [6, 6.07) is 5.28. The molecule has 1 aromatic carbocycles. The van der Waals surface area contributed by atoms with Gasteiger partial charge in [-0.1, -0.05) is 43.1 Å². The molecule has 21 heavy (non-hydrogen) atoms. The number of amides is 1. The number of carbonyl (C=O) groups excluding carboxylic acids is 1. The fraction of sp³-hybridized carbons (Fsp3) is 0.562. The van der Waals surface area contributed by atoms with E-state index in [-0.39, 0.29) is 17.9 Å². The van der Waals surface area contributed by atoms with Crippen molar-refractivity contribution in [2.24, 2.45) is 17.6 Å². The van der Waals surface area contributed by atoms with Gasteiger partial charge < -0.3 is 11.1 Å². The Morgan fingerprint density at radius 2 is 1.90 bits per heavy atom. The van der Waals surface area contributed by atoms with E-state index >= 15 is 0 Å². The molecule has 0 heterocycles. The summed E-state index contributed by atoms with van der Waals surface area (Å²) in [5.41, 5.74) is 6.67. The minimum Gasteiger partial charge on any atom is -0.350 e. The summed E-state index contributed by atoms with van der Waals surface area (Å²) in [4.78, 5) is 12.1. The van der Waals surface area contributed by atoms with Gasteiger partial charge in [0.1, 0.15) is 0 Å². The van der Waals surface area contributed by atoms with Gasteiger partial charge in [0, 0.05) is 6.42 Å². The summed E-state index contributed by atoms with van der Waals surface area (Å²) < 4.78 is 0. The molecule has 5 heteroatoms. The van der Waals surface area contributed by atoms with Crippen molar-refractivity contribution < 1.29 is 4.79 Å². The molecule has 0 aliphatic heterocycles. The normalized spacial score (nSPS) is 14.0. The third kappa shape index (κ3) is 6.25. The van der Waals surface area contributed by atoms with Crippen LogP contribution in [0.2, 0.25) is 10.0 Å². The molecule has 0 aliphatic rings. The Bertz CT molecular complexity index is 477. The highest BCUT2D eigenvalue weighted by Gasteiger charge is 2.16. The molecule has 0 saturated carbocycles. The molecular weight excluding hydrogens is 307 g/mol. The Kier molecular flexibility index (Phi) is 7.50. The van der Waals surface area contributed by atoms with E-state index < -0.39 is 0 Å². The first kappa shape index (κ1) is 18.3. The second-order valence-electron chi connectivity index (χ2n) is 5.90. The minimum absolute atomic E-state index is 0.0182. The quantitative estimate of drug-likeness (QED) is 0.787. The largest absolute Gasteiger partial charge is 0.350 e. The molecule has 3 nitrogen and oxygen atoms in total. The van der Waals surface area contributed by atoms with Crippen LogP contribution in [0.5, 0.6) is 0 Å². The third-order valence-corrected chi connectivity index (χ3v) is 4.17. The van der Waals surface area contributed by atoms with Crippen LogP contribution in [-0.2, 0) is 4.79 Å².